The smallest absolute Gasteiger partial charge is 0.307 e. The van der Waals surface area contributed by atoms with Crippen LogP contribution in [-0.4, -0.2) is 52.1 Å². The maximum Gasteiger partial charge on any atom is 0.323 e. The van der Waals surface area contributed by atoms with Crippen molar-refractivity contribution >= 4 is 34.5 Å². The summed E-state index contributed by atoms with van der Waals surface area (Å²) in [5.41, 5.74) is 4.80. The Kier molecular flexibility index (Phi) is 4.85. The van der Waals surface area contributed by atoms with Gasteiger partial charge in [0.1, 0.15) is 4.53 Å². The summed E-state index contributed by atoms with van der Waals surface area (Å²) in [6, 6.07) is 7.47. The zero-order chi connectivity index (χ0) is 22.7. The lowest BCUT2D eigenvalue weighted by atomic mass is 10.1. The summed E-state index contributed by atoms with van der Waals surface area (Å²) < 4.78 is 1.94. The predicted molar refractivity (Wildman–Crippen MR) is 122 cm³/mol. The van der Waals surface area contributed by atoms with Crippen molar-refractivity contribution in [3.8, 4) is 0 Å². The molecule has 9 nitrogen and oxygen atoms in total. The average Bonchev–Trinajstić information content (AvgIpc) is 3.34. The van der Waals surface area contributed by atoms with Crippen molar-refractivity contribution in [1.82, 2.24) is 19.8 Å². The Bertz CT molecular complexity index is 1300. The lowest BCUT2D eigenvalue weighted by Crippen LogP contribution is -2.53. The topological polar surface area (TPSA) is 90.2 Å². The van der Waals surface area contributed by atoms with E-state index in [2.05, 4.69) is 24.4 Å². The molecule has 1 aromatic heterocycles. The maximum absolute atomic E-state index is 13.7. The number of amides is 3. The van der Waals surface area contributed by atoms with E-state index < -0.39 is 12.3 Å². The van der Waals surface area contributed by atoms with Crippen molar-refractivity contribution in [1.29, 1.82) is 0 Å². The molecule has 32 heavy (non-hydrogen) atoms. The Morgan fingerprint density at radius 1 is 1.09 bits per heavy atom. The standard InChI is InChI=1S/C22H26N6O3S/c1-5-25-17-18(26(6-2)22(25)31)28-20(30)16(32-21(28)24-23-17)15-13-9-7-8-10-14(13)27(19(15)29)11-12(3)4/h7-10,12,17-18,23H,5-6,11H2,1-4H3/b16-15-. The molecule has 3 amide bonds. The highest BCUT2D eigenvalue weighted by Gasteiger charge is 2.48. The molecule has 5 rings (SSSR count). The lowest BCUT2D eigenvalue weighted by molar-refractivity contribution is -0.113. The van der Waals surface area contributed by atoms with Crippen molar-refractivity contribution in [2.45, 2.75) is 40.0 Å². The van der Waals surface area contributed by atoms with Gasteiger partial charge in [-0.1, -0.05) is 43.4 Å². The van der Waals surface area contributed by atoms with E-state index in [1.165, 1.54) is 11.3 Å². The molecule has 1 fully saturated rings. The van der Waals surface area contributed by atoms with Gasteiger partial charge in [0, 0.05) is 25.2 Å². The summed E-state index contributed by atoms with van der Waals surface area (Å²) >= 11 is 1.20. The number of benzene rings is 1. The molecule has 3 aliphatic heterocycles. The number of fused-ring (bicyclic) bond motifs is 4. The van der Waals surface area contributed by atoms with Crippen LogP contribution in [-0.2, 0) is 4.79 Å². The first kappa shape index (κ1) is 20.7. The molecule has 10 heteroatoms. The van der Waals surface area contributed by atoms with E-state index in [1.54, 1.807) is 19.3 Å². The number of para-hydroxylation sites is 1. The van der Waals surface area contributed by atoms with E-state index in [-0.39, 0.29) is 23.4 Å². The average molecular weight is 455 g/mol. The number of nitrogens with zero attached hydrogens (tertiary/aromatic N) is 5. The molecule has 0 spiro atoms. The van der Waals surface area contributed by atoms with Gasteiger partial charge in [-0.15, -0.1) is 5.10 Å². The van der Waals surface area contributed by atoms with Gasteiger partial charge in [0.05, 0.1) is 11.3 Å². The van der Waals surface area contributed by atoms with E-state index in [0.717, 1.165) is 11.3 Å². The normalized spacial score (nSPS) is 23.3. The number of rotatable bonds is 4. The summed E-state index contributed by atoms with van der Waals surface area (Å²) in [4.78, 5) is 45.7. The molecule has 1 saturated heterocycles. The molecule has 0 aliphatic carbocycles. The molecule has 168 valence electrons. The fraction of sp³-hybridized carbons (Fsp3) is 0.455. The van der Waals surface area contributed by atoms with Crippen LogP contribution >= 0.6 is 11.3 Å². The highest BCUT2D eigenvalue weighted by molar-refractivity contribution is 7.07. The van der Waals surface area contributed by atoms with Crippen LogP contribution in [0.4, 0.5) is 10.5 Å². The van der Waals surface area contributed by atoms with Crippen LogP contribution in [0.3, 0.4) is 0 Å². The van der Waals surface area contributed by atoms with Gasteiger partial charge in [-0.05, 0) is 25.8 Å². The van der Waals surface area contributed by atoms with Gasteiger partial charge >= 0.3 is 6.03 Å². The first-order valence-electron chi connectivity index (χ1n) is 11.0. The van der Waals surface area contributed by atoms with Gasteiger partial charge in [0.25, 0.3) is 11.5 Å². The fourth-order valence-electron chi connectivity index (χ4n) is 4.82. The van der Waals surface area contributed by atoms with Gasteiger partial charge in [0.15, 0.2) is 12.3 Å². The number of hydrogen-bond acceptors (Lipinski definition) is 6. The van der Waals surface area contributed by atoms with Crippen LogP contribution in [0.15, 0.2) is 34.2 Å². The largest absolute Gasteiger partial charge is 0.323 e. The highest BCUT2D eigenvalue weighted by Crippen LogP contribution is 2.35. The number of urea groups is 1. The molecule has 2 unspecified atom stereocenters. The molecule has 3 aliphatic rings. The van der Waals surface area contributed by atoms with Gasteiger partial charge in [0.2, 0.25) is 4.80 Å². The lowest BCUT2D eigenvalue weighted by Gasteiger charge is -2.29. The van der Waals surface area contributed by atoms with Gasteiger partial charge in [-0.2, -0.15) is 0 Å². The number of nitrogens with one attached hydrogen (secondary N) is 1. The maximum atomic E-state index is 13.7. The number of carbonyl (C=O) groups is 2. The highest BCUT2D eigenvalue weighted by atomic mass is 32.1. The third kappa shape index (κ3) is 2.75. The Balaban J connectivity index is 1.74. The van der Waals surface area contributed by atoms with Gasteiger partial charge < -0.3 is 4.90 Å². The molecule has 1 aromatic carbocycles. The summed E-state index contributed by atoms with van der Waals surface area (Å²) in [7, 11) is 0. The van der Waals surface area contributed by atoms with E-state index in [9.17, 15) is 14.4 Å². The number of hydrogen-bond donors (Lipinski definition) is 1. The predicted octanol–water partition coefficient (Wildman–Crippen LogP) is 0.851. The van der Waals surface area contributed by atoms with E-state index >= 15 is 0 Å². The first-order chi connectivity index (χ1) is 15.4. The van der Waals surface area contributed by atoms with Crippen LogP contribution in [0.2, 0.25) is 0 Å². The zero-order valence-electron chi connectivity index (χ0n) is 18.5. The molecule has 2 atom stereocenters. The quantitative estimate of drug-likeness (QED) is 0.742. The van der Waals surface area contributed by atoms with Gasteiger partial charge in [-0.3, -0.25) is 29.4 Å². The van der Waals surface area contributed by atoms with Crippen molar-refractivity contribution in [3.05, 3.63) is 49.5 Å². The van der Waals surface area contributed by atoms with Crippen LogP contribution in [0.5, 0.6) is 0 Å². The number of carbonyl (C=O) groups excluding carboxylic acids is 2. The first-order valence-corrected chi connectivity index (χ1v) is 11.8. The zero-order valence-corrected chi connectivity index (χ0v) is 19.3. The van der Waals surface area contributed by atoms with Crippen molar-refractivity contribution in [2.24, 2.45) is 11.0 Å². The van der Waals surface area contributed by atoms with Crippen LogP contribution in [0, 0.1) is 5.92 Å². The minimum absolute atomic E-state index is 0.127. The minimum atomic E-state index is -0.503. The molecular formula is C22H26N6O3S. The van der Waals surface area contributed by atoms with E-state index in [0.29, 0.717) is 34.5 Å². The Hall–Kier alpha value is -3.14. The van der Waals surface area contributed by atoms with Crippen LogP contribution < -0.4 is 25.2 Å². The van der Waals surface area contributed by atoms with Crippen LogP contribution in [0.1, 0.15) is 39.4 Å². The van der Waals surface area contributed by atoms with Crippen molar-refractivity contribution in [3.63, 3.8) is 0 Å². The summed E-state index contributed by atoms with van der Waals surface area (Å²) in [6.07, 6.45) is -0.925. The summed E-state index contributed by atoms with van der Waals surface area (Å²) in [5.74, 6) is 0.123. The number of thiazole rings is 1. The third-order valence-corrected chi connectivity index (χ3v) is 7.23. The number of anilines is 1. The second-order valence-corrected chi connectivity index (χ2v) is 9.52. The molecular weight excluding hydrogens is 428 g/mol. The Labute approximate surface area is 189 Å². The van der Waals surface area contributed by atoms with Crippen LogP contribution in [0.25, 0.3) is 5.57 Å². The second kappa shape index (κ2) is 7.47. The number of aromatic nitrogens is 1. The van der Waals surface area contributed by atoms with Gasteiger partial charge in [-0.25, -0.2) is 4.79 Å². The van der Waals surface area contributed by atoms with Crippen molar-refractivity contribution in [2.75, 3.05) is 24.5 Å². The molecule has 0 bridgehead atoms. The van der Waals surface area contributed by atoms with E-state index in [4.69, 9.17) is 0 Å². The minimum Gasteiger partial charge on any atom is -0.307 e. The number of likely N-dealkylation sites (N-methyl/N-ethyl adjacent to an activating group) is 2. The summed E-state index contributed by atoms with van der Waals surface area (Å²) in [6.45, 7) is 9.48. The fourth-order valence-corrected chi connectivity index (χ4v) is 5.87. The molecule has 0 saturated carbocycles. The SMILES string of the molecule is CCN1C(=O)N(CC)C2C1NN=c1s/c(=C3\C(=O)N(CC(C)C)c4ccccc43)c(=O)n12. The molecule has 1 N–H and O–H groups in total. The monoisotopic (exact) mass is 454 g/mol. The Morgan fingerprint density at radius 2 is 1.81 bits per heavy atom. The third-order valence-electron chi connectivity index (χ3n) is 6.18. The molecule has 4 heterocycles. The summed E-state index contributed by atoms with van der Waals surface area (Å²) in [5, 5.41) is 4.41. The second-order valence-electron chi connectivity index (χ2n) is 8.54. The Morgan fingerprint density at radius 3 is 2.50 bits per heavy atom. The molecule has 2 aromatic rings. The van der Waals surface area contributed by atoms with E-state index in [1.807, 2.05) is 38.1 Å². The molecule has 0 radical (unpaired) electrons. The van der Waals surface area contributed by atoms with Crippen molar-refractivity contribution < 1.29 is 9.59 Å².